The van der Waals surface area contributed by atoms with Crippen LogP contribution in [0.2, 0.25) is 10.0 Å². The molecule has 7 aromatic rings. The summed E-state index contributed by atoms with van der Waals surface area (Å²) in [6, 6.07) is 25.0. The number of carbonyl (C=O) groups is 3. The van der Waals surface area contributed by atoms with Gasteiger partial charge in [-0.25, -0.2) is 19.9 Å². The Morgan fingerprint density at radius 3 is 2.45 bits per heavy atom. The highest BCUT2D eigenvalue weighted by Crippen LogP contribution is 2.42. The van der Waals surface area contributed by atoms with Gasteiger partial charge in [0.25, 0.3) is 0 Å². The summed E-state index contributed by atoms with van der Waals surface area (Å²) in [6.07, 6.45) is 8.33. The number of nitrogens with zero attached hydrogens (tertiary/aromatic N) is 5. The maximum Gasteiger partial charge on any atom is 0.246 e. The molecule has 3 heterocycles. The fourth-order valence-electron chi connectivity index (χ4n) is 7.19. The van der Waals surface area contributed by atoms with E-state index in [9.17, 15) is 14.4 Å². The van der Waals surface area contributed by atoms with Gasteiger partial charge in [0.15, 0.2) is 16.6 Å². The van der Waals surface area contributed by atoms with Crippen LogP contribution in [0.5, 0.6) is 0 Å². The van der Waals surface area contributed by atoms with Crippen molar-refractivity contribution in [1.29, 1.82) is 0 Å². The van der Waals surface area contributed by atoms with Crippen molar-refractivity contribution in [3.05, 3.63) is 135 Å². The molecule has 9 rings (SSSR count). The number of carbonyl (C=O) groups excluding carboxylic acids is 3. The molecule has 3 N–H and O–H groups in total. The Bertz CT molecular complexity index is 2850. The highest BCUT2D eigenvalue weighted by atomic mass is 35.5. The van der Waals surface area contributed by atoms with Crippen LogP contribution in [0.4, 0.5) is 5.13 Å². The lowest BCUT2D eigenvalue weighted by atomic mass is 9.79. The summed E-state index contributed by atoms with van der Waals surface area (Å²) in [5.74, 6) is -0.177. The van der Waals surface area contributed by atoms with E-state index in [4.69, 9.17) is 33.9 Å². The third kappa shape index (κ3) is 6.94. The number of aromatic nitrogens is 5. The molecule has 1 amide bonds. The Balaban J connectivity index is 0.000000172. The largest absolute Gasteiger partial charge is 0.326 e. The third-order valence-electron chi connectivity index (χ3n) is 10.0. The maximum atomic E-state index is 12.8. The number of fused-ring (bicyclic) bond motifs is 6. The van der Waals surface area contributed by atoms with Crippen LogP contribution in [0.1, 0.15) is 41.3 Å². The van der Waals surface area contributed by atoms with E-state index in [1.54, 1.807) is 35.3 Å². The van der Waals surface area contributed by atoms with Crippen LogP contribution in [-0.2, 0) is 22.7 Å². The van der Waals surface area contributed by atoms with Gasteiger partial charge in [-0.2, -0.15) is 0 Å². The maximum absolute atomic E-state index is 12.8. The summed E-state index contributed by atoms with van der Waals surface area (Å²) >= 11 is 13.8. The Hall–Kier alpha value is -5.85. The average Bonchev–Trinajstić information content (AvgIpc) is 3.82. The second kappa shape index (κ2) is 15.4. The van der Waals surface area contributed by atoms with E-state index in [0.717, 1.165) is 54.3 Å². The van der Waals surface area contributed by atoms with Crippen LogP contribution in [-0.4, -0.2) is 42.0 Å². The number of Topliss-reactive ketones (excluding diaryl/α,β-unsaturated/α-hetero) is 2. The molecule has 2 aliphatic carbocycles. The molecule has 13 heteroatoms. The molecule has 4 aromatic carbocycles. The Labute approximate surface area is 335 Å². The summed E-state index contributed by atoms with van der Waals surface area (Å²) in [7, 11) is 0. The van der Waals surface area contributed by atoms with Gasteiger partial charge in [-0.3, -0.25) is 14.4 Å². The predicted molar refractivity (Wildman–Crippen MR) is 222 cm³/mol. The van der Waals surface area contributed by atoms with Gasteiger partial charge in [-0.05, 0) is 56.5 Å². The number of thiazole rings is 1. The second-order valence-electron chi connectivity index (χ2n) is 13.5. The molecule has 0 aliphatic heterocycles. The van der Waals surface area contributed by atoms with Crippen molar-refractivity contribution < 1.29 is 14.4 Å². The molecular weight excluding hydrogens is 765 g/mol. The lowest BCUT2D eigenvalue weighted by Crippen LogP contribution is -2.40. The quantitative estimate of drug-likeness (QED) is 0.177. The topological polar surface area (TPSA) is 146 Å². The van der Waals surface area contributed by atoms with Gasteiger partial charge >= 0.3 is 0 Å². The SMILES string of the molecule is CC1C=c2c(ccc3c2=CC(=O)c2ccccc2-3)C(C)C1=O.NCc1ccccc1-c1sc(NC(=O)Cn2cnc3ncncc32)nc1-c1ccc(Cl)c(Cl)c1. The summed E-state index contributed by atoms with van der Waals surface area (Å²) in [4.78, 5) is 55.4. The first-order chi connectivity index (χ1) is 27.1. The van der Waals surface area contributed by atoms with E-state index >= 15 is 0 Å². The Morgan fingerprint density at radius 1 is 0.893 bits per heavy atom. The van der Waals surface area contributed by atoms with Gasteiger partial charge in [0.1, 0.15) is 24.2 Å². The van der Waals surface area contributed by atoms with Crippen molar-refractivity contribution in [2.45, 2.75) is 32.9 Å². The van der Waals surface area contributed by atoms with Gasteiger partial charge in [0, 0.05) is 29.5 Å². The van der Waals surface area contributed by atoms with E-state index in [1.807, 2.05) is 86.7 Å². The Morgan fingerprint density at radius 2 is 1.66 bits per heavy atom. The number of hydrogen-bond donors (Lipinski definition) is 2. The van der Waals surface area contributed by atoms with Gasteiger partial charge in [0.05, 0.1) is 33.1 Å². The zero-order chi connectivity index (χ0) is 39.1. The molecule has 0 bridgehead atoms. The van der Waals surface area contributed by atoms with Crippen molar-refractivity contribution in [3.63, 3.8) is 0 Å². The first kappa shape index (κ1) is 37.1. The van der Waals surface area contributed by atoms with E-state index in [0.29, 0.717) is 38.6 Å². The van der Waals surface area contributed by atoms with E-state index in [2.05, 4.69) is 20.3 Å². The molecular formula is C43H33Cl2N7O3S. The fraction of sp³-hybridized carbons (Fsp3) is 0.140. The minimum atomic E-state index is -0.253. The molecule has 3 aromatic heterocycles. The van der Waals surface area contributed by atoms with Gasteiger partial charge in [-0.15, -0.1) is 0 Å². The van der Waals surface area contributed by atoms with E-state index in [-0.39, 0.29) is 35.9 Å². The molecule has 2 aliphatic rings. The molecule has 0 spiro atoms. The number of imidazole rings is 1. The van der Waals surface area contributed by atoms with Gasteiger partial charge in [-0.1, -0.05) is 121 Å². The molecule has 278 valence electrons. The zero-order valence-electron chi connectivity index (χ0n) is 30.2. The molecule has 2 unspecified atom stereocenters. The number of hydrogen-bond acceptors (Lipinski definition) is 9. The number of benzene rings is 4. The number of anilines is 1. The minimum absolute atomic E-state index is 0.0419. The first-order valence-corrected chi connectivity index (χ1v) is 19.4. The number of nitrogens with two attached hydrogens (primary N) is 1. The van der Waals surface area contributed by atoms with E-state index < -0.39 is 0 Å². The molecule has 0 saturated carbocycles. The number of halogens is 2. The summed E-state index contributed by atoms with van der Waals surface area (Å²) < 4.78 is 1.68. The lowest BCUT2D eigenvalue weighted by Gasteiger charge is -2.23. The third-order valence-corrected chi connectivity index (χ3v) is 11.7. The first-order valence-electron chi connectivity index (χ1n) is 17.8. The van der Waals surface area contributed by atoms with Crippen molar-refractivity contribution in [3.8, 4) is 32.8 Å². The van der Waals surface area contributed by atoms with Crippen LogP contribution in [0.25, 0.3) is 56.1 Å². The molecule has 56 heavy (non-hydrogen) atoms. The zero-order valence-corrected chi connectivity index (χ0v) is 32.5. The van der Waals surface area contributed by atoms with Crippen molar-refractivity contribution in [1.82, 2.24) is 24.5 Å². The Kier molecular flexibility index (Phi) is 10.2. The van der Waals surface area contributed by atoms with E-state index in [1.165, 1.54) is 17.7 Å². The molecule has 10 nitrogen and oxygen atoms in total. The second-order valence-corrected chi connectivity index (χ2v) is 15.3. The highest BCUT2D eigenvalue weighted by molar-refractivity contribution is 7.19. The lowest BCUT2D eigenvalue weighted by molar-refractivity contribution is -0.122. The van der Waals surface area contributed by atoms with Crippen molar-refractivity contribution in [2.75, 3.05) is 5.32 Å². The van der Waals surface area contributed by atoms with Crippen molar-refractivity contribution >= 4 is 80.5 Å². The minimum Gasteiger partial charge on any atom is -0.326 e. The summed E-state index contributed by atoms with van der Waals surface area (Å²) in [5, 5.41) is 6.25. The standard InChI is InChI=1S/C23H17Cl2N7OS.C20H16O2/c24-16-6-5-13(7-17(16)25)20-21(15-4-2-1-3-14(15)8-26)34-23(31-20)30-19(33)10-32-12-29-22-18(32)9-27-11-28-22;1-11-9-17-13(12(2)20(11)22)7-8-15-14-5-3-4-6-16(14)19(21)10-18(15)17/h1-7,9,11-12H,8,10,26H2,(H,30,31,33);3-12H,1-2H3. The average molecular weight is 799 g/mol. The smallest absolute Gasteiger partial charge is 0.246 e. The van der Waals surface area contributed by atoms with Crippen LogP contribution in [0, 0.1) is 5.92 Å². The van der Waals surface area contributed by atoms with Crippen molar-refractivity contribution in [2.24, 2.45) is 11.7 Å². The van der Waals surface area contributed by atoms with Gasteiger partial charge < -0.3 is 15.6 Å². The number of rotatable bonds is 6. The highest BCUT2D eigenvalue weighted by Gasteiger charge is 2.27. The predicted octanol–water partition coefficient (Wildman–Crippen LogP) is 7.45. The molecule has 2 atom stereocenters. The molecule has 0 radical (unpaired) electrons. The van der Waals surface area contributed by atoms with Crippen LogP contribution in [0.3, 0.4) is 0 Å². The number of ketones is 2. The van der Waals surface area contributed by atoms with Crippen LogP contribution in [0.15, 0.2) is 97.7 Å². The normalized spacial score (nSPS) is 15.4. The van der Waals surface area contributed by atoms with Crippen LogP contribution >= 0.6 is 34.5 Å². The molecule has 0 saturated heterocycles. The van der Waals surface area contributed by atoms with Gasteiger partial charge in [0.2, 0.25) is 5.91 Å². The number of nitrogens with one attached hydrogen (secondary N) is 1. The van der Waals surface area contributed by atoms with Crippen LogP contribution < -0.4 is 21.5 Å². The molecule has 0 fully saturated rings. The monoisotopic (exact) mass is 797 g/mol. The number of amides is 1. The fourth-order valence-corrected chi connectivity index (χ4v) is 8.55. The summed E-state index contributed by atoms with van der Waals surface area (Å²) in [6.45, 7) is 4.29. The summed E-state index contributed by atoms with van der Waals surface area (Å²) in [5.41, 5.74) is 14.4.